The van der Waals surface area contributed by atoms with Gasteiger partial charge in [0.15, 0.2) is 5.65 Å². The summed E-state index contributed by atoms with van der Waals surface area (Å²) in [7, 11) is 4.57. The summed E-state index contributed by atoms with van der Waals surface area (Å²) in [6.07, 6.45) is 4.50. The van der Waals surface area contributed by atoms with E-state index in [4.69, 9.17) is 4.98 Å². The van der Waals surface area contributed by atoms with Gasteiger partial charge in [0.1, 0.15) is 0 Å². The number of likely N-dealkylation sites (N-methyl/N-ethyl adjacent to an activating group) is 2. The summed E-state index contributed by atoms with van der Waals surface area (Å²) < 4.78 is 1.97. The van der Waals surface area contributed by atoms with Gasteiger partial charge in [-0.05, 0) is 46.9 Å². The Morgan fingerprint density at radius 3 is 2.60 bits per heavy atom. The van der Waals surface area contributed by atoms with E-state index in [0.29, 0.717) is 5.54 Å². The average molecular weight is 342 g/mol. The molecule has 2 aromatic rings. The number of hydrogen-bond acceptors (Lipinski definition) is 5. The van der Waals surface area contributed by atoms with E-state index in [1.54, 1.807) is 0 Å². The van der Waals surface area contributed by atoms with Crippen molar-refractivity contribution in [1.82, 2.24) is 29.3 Å². The van der Waals surface area contributed by atoms with Crippen molar-refractivity contribution in [3.63, 3.8) is 0 Å². The molecule has 0 bridgehead atoms. The maximum Gasteiger partial charge on any atom is 0.159 e. The fourth-order valence-electron chi connectivity index (χ4n) is 4.60. The molecule has 2 fully saturated rings. The van der Waals surface area contributed by atoms with Crippen molar-refractivity contribution in [3.8, 4) is 0 Å². The Labute approximate surface area is 150 Å². The van der Waals surface area contributed by atoms with Crippen LogP contribution < -0.4 is 0 Å². The summed E-state index contributed by atoms with van der Waals surface area (Å²) >= 11 is 0. The van der Waals surface area contributed by atoms with Gasteiger partial charge in [0.25, 0.3) is 0 Å². The van der Waals surface area contributed by atoms with Gasteiger partial charge in [-0.15, -0.1) is 0 Å². The van der Waals surface area contributed by atoms with Crippen LogP contribution in [0, 0.1) is 13.8 Å². The molecule has 136 valence electrons. The van der Waals surface area contributed by atoms with Crippen LogP contribution in [0.3, 0.4) is 0 Å². The van der Waals surface area contributed by atoms with Crippen LogP contribution in [0.1, 0.15) is 29.8 Å². The highest BCUT2D eigenvalue weighted by Gasteiger charge is 2.41. The molecule has 4 rings (SSSR count). The maximum absolute atomic E-state index is 4.73. The van der Waals surface area contributed by atoms with Crippen molar-refractivity contribution in [3.05, 3.63) is 29.2 Å². The number of aryl methyl sites for hydroxylation is 2. The Hall–Kier alpha value is -1.50. The van der Waals surface area contributed by atoms with Gasteiger partial charge in [-0.2, -0.15) is 5.10 Å². The van der Waals surface area contributed by atoms with Crippen LogP contribution in [0.4, 0.5) is 0 Å². The van der Waals surface area contributed by atoms with Crippen LogP contribution in [-0.2, 0) is 6.54 Å². The van der Waals surface area contributed by atoms with E-state index in [1.165, 1.54) is 38.0 Å². The molecule has 0 radical (unpaired) electrons. The van der Waals surface area contributed by atoms with E-state index >= 15 is 0 Å². The van der Waals surface area contributed by atoms with Crippen LogP contribution in [-0.4, -0.2) is 81.7 Å². The first-order valence-corrected chi connectivity index (χ1v) is 9.40. The van der Waals surface area contributed by atoms with Gasteiger partial charge in [0.05, 0.1) is 6.20 Å². The molecular formula is C19H30N6. The first-order chi connectivity index (χ1) is 12.0. The lowest BCUT2D eigenvalue weighted by Crippen LogP contribution is -2.63. The predicted octanol–water partition coefficient (Wildman–Crippen LogP) is 1.56. The number of likely N-dealkylation sites (tertiary alicyclic amines) is 1. The zero-order valence-corrected chi connectivity index (χ0v) is 16.0. The van der Waals surface area contributed by atoms with Crippen LogP contribution in [0.5, 0.6) is 0 Å². The Kier molecular flexibility index (Phi) is 4.30. The summed E-state index contributed by atoms with van der Waals surface area (Å²) in [5, 5.41) is 4.54. The molecular weight excluding hydrogens is 312 g/mol. The molecule has 0 aromatic carbocycles. The number of rotatable bonds is 2. The zero-order chi connectivity index (χ0) is 17.6. The van der Waals surface area contributed by atoms with Crippen molar-refractivity contribution in [2.45, 2.75) is 38.8 Å². The Morgan fingerprint density at radius 2 is 1.84 bits per heavy atom. The minimum absolute atomic E-state index is 0.371. The first kappa shape index (κ1) is 16.9. The molecule has 1 spiro atoms. The molecule has 2 aliphatic heterocycles. The van der Waals surface area contributed by atoms with Crippen LogP contribution in [0.15, 0.2) is 12.3 Å². The highest BCUT2D eigenvalue weighted by atomic mass is 15.3. The second-order valence-corrected chi connectivity index (χ2v) is 8.10. The second-order valence-electron chi connectivity index (χ2n) is 8.10. The smallest absolute Gasteiger partial charge is 0.159 e. The minimum Gasteiger partial charge on any atom is -0.303 e. The zero-order valence-electron chi connectivity index (χ0n) is 16.0. The summed E-state index contributed by atoms with van der Waals surface area (Å²) in [6, 6.07) is 2.09. The predicted molar refractivity (Wildman–Crippen MR) is 99.8 cm³/mol. The summed E-state index contributed by atoms with van der Waals surface area (Å²) in [5.41, 5.74) is 4.86. The van der Waals surface area contributed by atoms with Gasteiger partial charge < -0.3 is 4.90 Å². The number of aromatic nitrogens is 3. The molecule has 6 heteroatoms. The quantitative estimate of drug-likeness (QED) is 0.828. The molecule has 0 aliphatic carbocycles. The normalized spacial score (nSPS) is 22.9. The SMILES string of the molecule is Cc1cc(C)n2ncc(CN3CCC4(CC3)CN(C)CCN4C)c2n1. The van der Waals surface area contributed by atoms with Crippen molar-refractivity contribution in [2.75, 3.05) is 46.8 Å². The Bertz CT molecular complexity index is 759. The van der Waals surface area contributed by atoms with Crippen LogP contribution >= 0.6 is 0 Å². The molecule has 6 nitrogen and oxygen atoms in total. The largest absolute Gasteiger partial charge is 0.303 e. The standard InChI is InChI=1S/C19H30N6/c1-15-11-16(2)25-18(21-15)17(12-20-25)13-24-7-5-19(6-8-24)14-22(3)9-10-23(19)4/h11-12H,5-10,13-14H2,1-4H3. The molecule has 2 saturated heterocycles. The third-order valence-corrected chi connectivity index (χ3v) is 6.22. The molecule has 2 aromatic heterocycles. The molecule has 0 atom stereocenters. The summed E-state index contributed by atoms with van der Waals surface area (Å²) in [4.78, 5) is 12.4. The topological polar surface area (TPSA) is 39.9 Å². The van der Waals surface area contributed by atoms with Gasteiger partial charge in [-0.1, -0.05) is 0 Å². The lowest BCUT2D eigenvalue weighted by atomic mass is 9.84. The lowest BCUT2D eigenvalue weighted by Gasteiger charge is -2.52. The molecule has 0 N–H and O–H groups in total. The minimum atomic E-state index is 0.371. The monoisotopic (exact) mass is 342 g/mol. The van der Waals surface area contributed by atoms with Crippen molar-refractivity contribution >= 4 is 5.65 Å². The van der Waals surface area contributed by atoms with Gasteiger partial charge in [-0.25, -0.2) is 9.50 Å². The van der Waals surface area contributed by atoms with E-state index < -0.39 is 0 Å². The van der Waals surface area contributed by atoms with Crippen molar-refractivity contribution in [2.24, 2.45) is 0 Å². The first-order valence-electron chi connectivity index (χ1n) is 9.40. The van der Waals surface area contributed by atoms with E-state index in [9.17, 15) is 0 Å². The summed E-state index contributed by atoms with van der Waals surface area (Å²) in [5.74, 6) is 0. The Balaban J connectivity index is 1.47. The molecule has 4 heterocycles. The Morgan fingerprint density at radius 1 is 1.08 bits per heavy atom. The van der Waals surface area contributed by atoms with Gasteiger partial charge in [-0.3, -0.25) is 9.80 Å². The van der Waals surface area contributed by atoms with Gasteiger partial charge >= 0.3 is 0 Å². The molecule has 2 aliphatic rings. The third kappa shape index (κ3) is 3.07. The summed E-state index contributed by atoms with van der Waals surface area (Å²) in [6.45, 7) is 11.0. The second kappa shape index (κ2) is 6.34. The molecule has 0 saturated carbocycles. The third-order valence-electron chi connectivity index (χ3n) is 6.22. The lowest BCUT2D eigenvalue weighted by molar-refractivity contribution is -0.0204. The van der Waals surface area contributed by atoms with Gasteiger partial charge in [0.2, 0.25) is 0 Å². The number of hydrogen-bond donors (Lipinski definition) is 0. The van der Waals surface area contributed by atoms with E-state index in [0.717, 1.165) is 36.7 Å². The van der Waals surface area contributed by atoms with Crippen molar-refractivity contribution in [1.29, 1.82) is 0 Å². The fourth-order valence-corrected chi connectivity index (χ4v) is 4.60. The number of fused-ring (bicyclic) bond motifs is 1. The van der Waals surface area contributed by atoms with E-state index in [2.05, 4.69) is 53.8 Å². The molecule has 25 heavy (non-hydrogen) atoms. The van der Waals surface area contributed by atoms with Crippen LogP contribution in [0.25, 0.3) is 5.65 Å². The number of nitrogens with zero attached hydrogens (tertiary/aromatic N) is 6. The van der Waals surface area contributed by atoms with Crippen molar-refractivity contribution < 1.29 is 0 Å². The van der Waals surface area contributed by atoms with E-state index in [1.807, 2.05) is 10.7 Å². The molecule has 0 amide bonds. The number of piperidine rings is 1. The van der Waals surface area contributed by atoms with Crippen LogP contribution in [0.2, 0.25) is 0 Å². The van der Waals surface area contributed by atoms with E-state index in [-0.39, 0.29) is 0 Å². The maximum atomic E-state index is 4.73. The van der Waals surface area contributed by atoms with Gasteiger partial charge in [0, 0.05) is 61.8 Å². The highest BCUT2D eigenvalue weighted by Crippen LogP contribution is 2.31. The number of piperazine rings is 1. The fraction of sp³-hybridized carbons (Fsp3) is 0.684. The average Bonchev–Trinajstić information content (AvgIpc) is 2.97. The molecule has 0 unspecified atom stereocenters. The highest BCUT2D eigenvalue weighted by molar-refractivity contribution is 5.47.